The van der Waals surface area contributed by atoms with Gasteiger partial charge in [0, 0.05) is 84.0 Å². The Morgan fingerprint density at radius 3 is 1.22 bits per heavy atom. The number of rotatable bonds is 27. The Morgan fingerprint density at radius 1 is 0.489 bits per heavy atom. The van der Waals surface area contributed by atoms with Gasteiger partial charge in [-0.15, -0.1) is 0 Å². The molecule has 9 nitrogen and oxygen atoms in total. The first-order valence-corrected chi connectivity index (χ1v) is 24.7. The summed E-state index contributed by atoms with van der Waals surface area (Å²) in [6.07, 6.45) is 8.68. The van der Waals surface area contributed by atoms with Gasteiger partial charge in [-0.05, 0) is 127 Å². The fourth-order valence-electron chi connectivity index (χ4n) is 5.17. The summed E-state index contributed by atoms with van der Waals surface area (Å²) in [6.45, 7) is 24.9. The number of aliphatic imine (C=N–C) groups is 3. The molecule has 0 unspecified atom stereocenters. The molecule has 0 aliphatic carbocycles. The molecule has 0 heterocycles. The van der Waals surface area contributed by atoms with E-state index in [-0.39, 0.29) is 0 Å². The molecule has 0 atom stereocenters. The van der Waals surface area contributed by atoms with Crippen LogP contribution in [0.15, 0.2) is 33.2 Å². The second-order valence-electron chi connectivity index (χ2n) is 11.5. The number of nitrogens with zero attached hydrogens (tertiary/aromatic N) is 3. The standard InChI is InChI=1S/C33H63N3O6Si3/c1-10-37-43(7,8)22-16-19-34-28-31-25-32(29-35-20-17-23-44(9,38-11-2)39-12-3)27-33(26-31)30-36-21-18-24-45(40-13-4,41-14-5)42-15-6/h25-30H,10-24H2,1-9H3/b34-28+,35-29+,36-30+. The third kappa shape index (κ3) is 18.5. The zero-order chi connectivity index (χ0) is 33.4. The van der Waals surface area contributed by atoms with Crippen molar-refractivity contribution in [2.75, 3.05) is 59.3 Å². The van der Waals surface area contributed by atoms with E-state index in [0.717, 1.165) is 73.8 Å². The van der Waals surface area contributed by atoms with Crippen LogP contribution >= 0.6 is 0 Å². The van der Waals surface area contributed by atoms with E-state index in [9.17, 15) is 0 Å². The zero-order valence-corrected chi connectivity index (χ0v) is 32.9. The van der Waals surface area contributed by atoms with Crippen molar-refractivity contribution in [2.24, 2.45) is 15.0 Å². The van der Waals surface area contributed by atoms with Gasteiger partial charge >= 0.3 is 17.4 Å². The number of benzene rings is 1. The molecule has 0 saturated heterocycles. The highest BCUT2D eigenvalue weighted by Gasteiger charge is 2.39. The monoisotopic (exact) mass is 681 g/mol. The second kappa shape index (κ2) is 23.9. The maximum absolute atomic E-state index is 5.99. The van der Waals surface area contributed by atoms with Gasteiger partial charge in [0.05, 0.1) is 0 Å². The van der Waals surface area contributed by atoms with Gasteiger partial charge in [0.25, 0.3) is 0 Å². The molecular weight excluding hydrogens is 619 g/mol. The molecular formula is C33H63N3O6Si3. The maximum Gasteiger partial charge on any atom is 0.500 e. The van der Waals surface area contributed by atoms with Crippen LogP contribution in [0.25, 0.3) is 0 Å². The summed E-state index contributed by atoms with van der Waals surface area (Å²) in [5.41, 5.74) is 3.11. The van der Waals surface area contributed by atoms with Gasteiger partial charge in [-0.2, -0.15) is 0 Å². The van der Waals surface area contributed by atoms with E-state index < -0.39 is 25.7 Å². The average molecular weight is 682 g/mol. The van der Waals surface area contributed by atoms with E-state index in [1.54, 1.807) is 0 Å². The normalized spacial score (nSPS) is 13.3. The molecule has 258 valence electrons. The van der Waals surface area contributed by atoms with Crippen molar-refractivity contribution in [3.63, 3.8) is 0 Å². The van der Waals surface area contributed by atoms with E-state index in [1.807, 2.05) is 53.3 Å². The fourth-order valence-corrected chi connectivity index (χ4v) is 12.1. The molecule has 0 bridgehead atoms. The molecule has 0 spiro atoms. The highest BCUT2D eigenvalue weighted by atomic mass is 28.4. The van der Waals surface area contributed by atoms with Crippen molar-refractivity contribution in [1.82, 2.24) is 0 Å². The Hall–Kier alpha value is -1.36. The van der Waals surface area contributed by atoms with Crippen LogP contribution in [0.2, 0.25) is 37.8 Å². The van der Waals surface area contributed by atoms with Gasteiger partial charge in [0.2, 0.25) is 0 Å². The largest absolute Gasteiger partial charge is 0.500 e. The molecule has 0 radical (unpaired) electrons. The molecule has 0 fully saturated rings. The predicted molar refractivity (Wildman–Crippen MR) is 197 cm³/mol. The molecule has 1 rings (SSSR count). The van der Waals surface area contributed by atoms with Crippen molar-refractivity contribution >= 4 is 44.3 Å². The first kappa shape index (κ1) is 41.7. The van der Waals surface area contributed by atoms with Crippen molar-refractivity contribution in [1.29, 1.82) is 0 Å². The van der Waals surface area contributed by atoms with Crippen LogP contribution in [0.3, 0.4) is 0 Å². The minimum Gasteiger partial charge on any atom is -0.418 e. The van der Waals surface area contributed by atoms with Crippen LogP contribution in [-0.2, 0) is 26.6 Å². The Labute approximate surface area is 278 Å². The molecule has 45 heavy (non-hydrogen) atoms. The first-order valence-electron chi connectivity index (χ1n) is 17.1. The van der Waals surface area contributed by atoms with Crippen LogP contribution in [0.1, 0.15) is 77.5 Å². The summed E-state index contributed by atoms with van der Waals surface area (Å²) in [5, 5.41) is 0. The molecule has 1 aromatic rings. The van der Waals surface area contributed by atoms with Gasteiger partial charge in [-0.25, -0.2) is 0 Å². The number of hydrogen-bond donors (Lipinski definition) is 0. The van der Waals surface area contributed by atoms with Gasteiger partial charge in [-0.1, -0.05) is 0 Å². The fraction of sp³-hybridized carbons (Fsp3) is 0.727. The highest BCUT2D eigenvalue weighted by molar-refractivity contribution is 6.71. The average Bonchev–Trinajstić information content (AvgIpc) is 2.97. The Kier molecular flexibility index (Phi) is 22.1. The van der Waals surface area contributed by atoms with E-state index >= 15 is 0 Å². The molecule has 0 saturated carbocycles. The zero-order valence-electron chi connectivity index (χ0n) is 29.9. The smallest absolute Gasteiger partial charge is 0.418 e. The Bertz CT molecular complexity index is 987. The van der Waals surface area contributed by atoms with E-state index in [4.69, 9.17) is 41.5 Å². The van der Waals surface area contributed by atoms with Gasteiger partial charge in [0.15, 0.2) is 8.32 Å². The molecule has 1 aromatic carbocycles. The van der Waals surface area contributed by atoms with Crippen LogP contribution < -0.4 is 0 Å². The lowest BCUT2D eigenvalue weighted by molar-refractivity contribution is 0.0710. The van der Waals surface area contributed by atoms with Crippen LogP contribution in [-0.4, -0.2) is 104 Å². The molecule has 0 aromatic heterocycles. The molecule has 0 aliphatic rings. The van der Waals surface area contributed by atoms with E-state index in [2.05, 4.69) is 44.8 Å². The Morgan fingerprint density at radius 2 is 0.844 bits per heavy atom. The topological polar surface area (TPSA) is 92.5 Å². The van der Waals surface area contributed by atoms with Crippen molar-refractivity contribution in [3.8, 4) is 0 Å². The highest BCUT2D eigenvalue weighted by Crippen LogP contribution is 2.19. The SMILES string of the molecule is CCO[Si](C)(C)CCC/N=C/c1cc(/C=N/CCC[Si](C)(OCC)OCC)cc(/C=N/CCC[Si](OCC)(OCC)OCC)c1. The minimum absolute atomic E-state index is 0.584. The maximum atomic E-state index is 5.99. The summed E-state index contributed by atoms with van der Waals surface area (Å²) in [7, 11) is -6.36. The van der Waals surface area contributed by atoms with Crippen LogP contribution in [0.5, 0.6) is 0 Å². The molecule has 0 amide bonds. The van der Waals surface area contributed by atoms with Crippen LogP contribution in [0.4, 0.5) is 0 Å². The quantitative estimate of drug-likeness (QED) is 0.0541. The van der Waals surface area contributed by atoms with Crippen LogP contribution in [0, 0.1) is 0 Å². The van der Waals surface area contributed by atoms with Crippen molar-refractivity contribution < 1.29 is 26.6 Å². The summed E-state index contributed by atoms with van der Waals surface area (Å²) < 4.78 is 35.9. The lowest BCUT2D eigenvalue weighted by Gasteiger charge is -2.28. The Balaban J connectivity index is 2.96. The first-order chi connectivity index (χ1) is 21.6. The number of hydrogen-bond acceptors (Lipinski definition) is 9. The minimum atomic E-state index is -2.65. The van der Waals surface area contributed by atoms with Gasteiger partial charge < -0.3 is 26.6 Å². The molecule has 0 N–H and O–H groups in total. The van der Waals surface area contributed by atoms with Gasteiger partial charge in [0.1, 0.15) is 0 Å². The third-order valence-corrected chi connectivity index (χ3v) is 15.8. The van der Waals surface area contributed by atoms with Crippen molar-refractivity contribution in [2.45, 2.75) is 98.6 Å². The molecule has 0 aliphatic heterocycles. The lowest BCUT2D eigenvalue weighted by atomic mass is 10.1. The van der Waals surface area contributed by atoms with Gasteiger partial charge in [-0.3, -0.25) is 15.0 Å². The van der Waals surface area contributed by atoms with E-state index in [1.165, 1.54) is 0 Å². The summed E-state index contributed by atoms with van der Waals surface area (Å²) in [4.78, 5) is 14.2. The van der Waals surface area contributed by atoms with E-state index in [0.29, 0.717) is 39.6 Å². The lowest BCUT2D eigenvalue weighted by Crippen LogP contribution is -2.46. The second-order valence-corrected chi connectivity index (χ2v) is 21.9. The summed E-state index contributed by atoms with van der Waals surface area (Å²) in [6, 6.07) is 9.18. The molecule has 12 heteroatoms. The predicted octanol–water partition coefficient (Wildman–Crippen LogP) is 7.55. The summed E-state index contributed by atoms with van der Waals surface area (Å²) >= 11 is 0. The summed E-state index contributed by atoms with van der Waals surface area (Å²) in [5.74, 6) is 0. The third-order valence-electron chi connectivity index (χ3n) is 7.00. The van der Waals surface area contributed by atoms with Crippen molar-refractivity contribution in [3.05, 3.63) is 34.9 Å².